The van der Waals surface area contributed by atoms with E-state index in [9.17, 15) is 4.79 Å². The summed E-state index contributed by atoms with van der Waals surface area (Å²) in [6, 6.07) is 0. The number of hydrogen-bond donors (Lipinski definition) is 2. The van der Waals surface area contributed by atoms with E-state index in [0.717, 1.165) is 50.2 Å². The average Bonchev–Trinajstić information content (AvgIpc) is 3.62. The number of aryl methyl sites for hydroxylation is 2. The Morgan fingerprint density at radius 2 is 2.00 bits per heavy atom. The Morgan fingerprint density at radius 3 is 2.70 bits per heavy atom. The van der Waals surface area contributed by atoms with Crippen LogP contribution in [0.5, 0.6) is 0 Å². The van der Waals surface area contributed by atoms with E-state index in [1.165, 1.54) is 43.0 Å². The van der Waals surface area contributed by atoms with Gasteiger partial charge in [0.1, 0.15) is 11.2 Å². The highest BCUT2D eigenvalue weighted by Crippen LogP contribution is 2.49. The van der Waals surface area contributed by atoms with Gasteiger partial charge in [-0.15, -0.1) is 11.3 Å². The van der Waals surface area contributed by atoms with E-state index >= 15 is 0 Å². The molecule has 2 aliphatic heterocycles. The van der Waals surface area contributed by atoms with Crippen molar-refractivity contribution in [1.82, 2.24) is 24.5 Å². The third kappa shape index (κ3) is 3.99. The minimum Gasteiger partial charge on any atom is -0.374 e. The minimum absolute atomic E-state index is 0.0726. The average molecular weight is 521 g/mol. The van der Waals surface area contributed by atoms with E-state index in [1.54, 1.807) is 6.33 Å². The summed E-state index contributed by atoms with van der Waals surface area (Å²) >= 11 is 1.90. The first-order chi connectivity index (χ1) is 17.7. The summed E-state index contributed by atoms with van der Waals surface area (Å²) in [6.07, 6.45) is 6.71. The van der Waals surface area contributed by atoms with E-state index in [0.29, 0.717) is 18.4 Å². The Morgan fingerprint density at radius 1 is 1.24 bits per heavy atom. The van der Waals surface area contributed by atoms with Crippen molar-refractivity contribution in [2.45, 2.75) is 71.3 Å². The van der Waals surface area contributed by atoms with Crippen LogP contribution in [0, 0.1) is 20.8 Å². The van der Waals surface area contributed by atoms with Gasteiger partial charge in [-0.3, -0.25) is 9.69 Å². The van der Waals surface area contributed by atoms with E-state index in [4.69, 9.17) is 10.5 Å². The van der Waals surface area contributed by atoms with Crippen molar-refractivity contribution in [3.8, 4) is 11.3 Å². The molecule has 4 aromatic heterocycles. The number of aromatic amines is 1. The zero-order valence-corrected chi connectivity index (χ0v) is 23.2. The number of nitrogens with one attached hydrogen (secondary N) is 1. The lowest BCUT2D eigenvalue weighted by atomic mass is 9.84. The fraction of sp³-hybridized carbons (Fsp3) is 0.536. The van der Waals surface area contributed by atoms with E-state index in [1.807, 2.05) is 15.9 Å². The summed E-state index contributed by atoms with van der Waals surface area (Å²) in [7, 11) is 0. The van der Waals surface area contributed by atoms with E-state index < -0.39 is 0 Å². The molecule has 1 atom stereocenters. The Balaban J connectivity index is 1.34. The number of carbonyl (C=O) groups excluding carboxylic acids is 1. The molecule has 0 radical (unpaired) electrons. The number of aromatic nitrogens is 4. The van der Waals surface area contributed by atoms with Crippen LogP contribution in [0.2, 0.25) is 0 Å². The van der Waals surface area contributed by atoms with Crippen LogP contribution in [0.4, 0.5) is 0 Å². The van der Waals surface area contributed by atoms with Crippen molar-refractivity contribution < 1.29 is 9.53 Å². The monoisotopic (exact) mass is 520 g/mol. The topological polar surface area (TPSA) is 102 Å². The second-order valence-electron chi connectivity index (χ2n) is 11.3. The van der Waals surface area contributed by atoms with Gasteiger partial charge in [0.15, 0.2) is 5.65 Å². The standard InChI is InChI=1S/C28H36N6O2S/c1-15(2)22-23-18(5)25(19-10-28(36-13-19)6-8-33(9-7-28)12-21(29)35)37-27(23)32-24(22)20-11-34-26(30-14-31-34)17(4)16(20)3/h11,14-15,19,32H,6-10,12-13H2,1-5H3,(H2,29,35)/t19-/m0/s1. The maximum absolute atomic E-state index is 11.3. The first-order valence-corrected chi connectivity index (χ1v) is 14.1. The molecule has 0 unspecified atom stereocenters. The number of nitrogens with zero attached hydrogens (tertiary/aromatic N) is 4. The number of piperidine rings is 1. The van der Waals surface area contributed by atoms with Crippen molar-refractivity contribution in [2.75, 3.05) is 26.2 Å². The van der Waals surface area contributed by atoms with Crippen LogP contribution in [-0.4, -0.2) is 62.2 Å². The second-order valence-corrected chi connectivity index (χ2v) is 12.4. The maximum atomic E-state index is 11.3. The predicted molar refractivity (Wildman–Crippen MR) is 147 cm³/mol. The van der Waals surface area contributed by atoms with Gasteiger partial charge in [-0.1, -0.05) is 13.8 Å². The van der Waals surface area contributed by atoms with Gasteiger partial charge in [-0.2, -0.15) is 5.10 Å². The lowest BCUT2D eigenvalue weighted by molar-refractivity contribution is -0.120. The van der Waals surface area contributed by atoms with Crippen molar-refractivity contribution in [2.24, 2.45) is 5.73 Å². The van der Waals surface area contributed by atoms with Crippen LogP contribution in [0.15, 0.2) is 12.5 Å². The van der Waals surface area contributed by atoms with Gasteiger partial charge in [-0.05, 0) is 68.2 Å². The molecule has 196 valence electrons. The van der Waals surface area contributed by atoms with Gasteiger partial charge in [0.05, 0.1) is 24.4 Å². The number of likely N-dealkylation sites (tertiary alicyclic amines) is 1. The molecule has 2 saturated heterocycles. The molecule has 4 aromatic rings. The molecule has 3 N–H and O–H groups in total. The highest BCUT2D eigenvalue weighted by atomic mass is 32.1. The van der Waals surface area contributed by atoms with Gasteiger partial charge in [0, 0.05) is 41.0 Å². The highest BCUT2D eigenvalue weighted by molar-refractivity contribution is 7.19. The molecule has 37 heavy (non-hydrogen) atoms. The van der Waals surface area contributed by atoms with Crippen LogP contribution in [0.1, 0.15) is 72.1 Å². The van der Waals surface area contributed by atoms with Crippen LogP contribution in [0.3, 0.4) is 0 Å². The van der Waals surface area contributed by atoms with E-state index in [-0.39, 0.29) is 11.5 Å². The predicted octanol–water partition coefficient (Wildman–Crippen LogP) is 4.81. The summed E-state index contributed by atoms with van der Waals surface area (Å²) in [5.41, 5.74) is 13.8. The maximum Gasteiger partial charge on any atom is 0.231 e. The SMILES string of the molecule is Cc1c(-c2[nH]c3sc([C@@H]4COC5(CCN(CC(N)=O)CC5)C4)c(C)c3c2C(C)C)cn2ncnc2c1C. The molecule has 9 heteroatoms. The number of amides is 1. The molecule has 0 saturated carbocycles. The number of ether oxygens (including phenoxy) is 1. The Hall–Kier alpha value is -2.75. The first kappa shape index (κ1) is 24.6. The first-order valence-electron chi connectivity index (χ1n) is 13.3. The number of pyridine rings is 1. The largest absolute Gasteiger partial charge is 0.374 e. The van der Waals surface area contributed by atoms with Crippen molar-refractivity contribution in [3.05, 3.63) is 39.7 Å². The molecule has 6 rings (SSSR count). The zero-order chi connectivity index (χ0) is 26.1. The summed E-state index contributed by atoms with van der Waals surface area (Å²) < 4.78 is 8.39. The number of fused-ring (bicyclic) bond motifs is 2. The Kier molecular flexibility index (Phi) is 5.93. The molecule has 6 heterocycles. The molecular formula is C28H36N6O2S. The minimum atomic E-state index is -0.252. The van der Waals surface area contributed by atoms with Crippen LogP contribution in [0.25, 0.3) is 27.1 Å². The fourth-order valence-corrected chi connectivity index (χ4v) is 7.89. The molecule has 2 aliphatic rings. The van der Waals surface area contributed by atoms with Gasteiger partial charge < -0.3 is 15.5 Å². The molecule has 8 nitrogen and oxygen atoms in total. The molecule has 0 aromatic carbocycles. The van der Waals surface area contributed by atoms with Crippen molar-refractivity contribution in [3.63, 3.8) is 0 Å². The molecule has 0 aliphatic carbocycles. The number of thiophene rings is 1. The van der Waals surface area contributed by atoms with Crippen molar-refractivity contribution in [1.29, 1.82) is 0 Å². The normalized spacial score (nSPS) is 20.2. The number of H-pyrrole nitrogens is 1. The lowest BCUT2D eigenvalue weighted by Crippen LogP contribution is -2.46. The Bertz CT molecular complexity index is 1500. The molecular weight excluding hydrogens is 484 g/mol. The zero-order valence-electron chi connectivity index (χ0n) is 22.4. The summed E-state index contributed by atoms with van der Waals surface area (Å²) in [5.74, 6) is 0.529. The quantitative estimate of drug-likeness (QED) is 0.393. The number of carbonyl (C=O) groups is 1. The van der Waals surface area contributed by atoms with Gasteiger partial charge >= 0.3 is 0 Å². The third-order valence-corrected chi connectivity index (χ3v) is 10.0. The van der Waals surface area contributed by atoms with Gasteiger partial charge in [0.25, 0.3) is 0 Å². The molecule has 0 bridgehead atoms. The smallest absolute Gasteiger partial charge is 0.231 e. The second kappa shape index (κ2) is 8.92. The summed E-state index contributed by atoms with van der Waals surface area (Å²) in [4.78, 5) is 24.4. The fourth-order valence-electron chi connectivity index (χ4n) is 6.58. The van der Waals surface area contributed by atoms with Crippen LogP contribution in [-0.2, 0) is 9.53 Å². The van der Waals surface area contributed by atoms with Crippen molar-refractivity contribution >= 4 is 33.1 Å². The third-order valence-electron chi connectivity index (χ3n) is 8.66. The highest BCUT2D eigenvalue weighted by Gasteiger charge is 2.44. The van der Waals surface area contributed by atoms with Gasteiger partial charge in [-0.25, -0.2) is 9.50 Å². The molecule has 1 amide bonds. The molecule has 2 fully saturated rings. The lowest BCUT2D eigenvalue weighted by Gasteiger charge is -2.38. The van der Waals surface area contributed by atoms with Crippen LogP contribution >= 0.6 is 11.3 Å². The summed E-state index contributed by atoms with van der Waals surface area (Å²) in [6.45, 7) is 14.0. The van der Waals surface area contributed by atoms with Crippen LogP contribution < -0.4 is 5.73 Å². The number of rotatable bonds is 5. The number of hydrogen-bond acceptors (Lipinski definition) is 6. The Labute approximate surface area is 221 Å². The number of primary amides is 1. The molecule has 1 spiro atoms. The number of nitrogens with two attached hydrogens (primary N) is 1. The summed E-state index contributed by atoms with van der Waals surface area (Å²) in [5, 5.41) is 5.79. The van der Waals surface area contributed by atoms with E-state index in [2.05, 4.69) is 60.8 Å². The van der Waals surface area contributed by atoms with Gasteiger partial charge in [0.2, 0.25) is 5.91 Å².